The van der Waals surface area contributed by atoms with E-state index in [0.29, 0.717) is 11.9 Å². The summed E-state index contributed by atoms with van der Waals surface area (Å²) in [5.41, 5.74) is -0.706. The van der Waals surface area contributed by atoms with Crippen LogP contribution in [0.15, 0.2) is 18.3 Å². The van der Waals surface area contributed by atoms with Gasteiger partial charge in [-0.15, -0.1) is 12.4 Å². The molecule has 0 saturated carbocycles. The largest absolute Gasteiger partial charge is 0.417 e. The normalized spacial score (nSPS) is 23.9. The Labute approximate surface area is 116 Å². The highest BCUT2D eigenvalue weighted by Gasteiger charge is 2.31. The second-order valence-electron chi connectivity index (χ2n) is 4.71. The molecule has 1 saturated heterocycles. The van der Waals surface area contributed by atoms with Crippen molar-refractivity contribution in [1.29, 1.82) is 0 Å². The molecule has 1 aromatic heterocycles. The number of alkyl halides is 3. The lowest BCUT2D eigenvalue weighted by atomic mass is 10.1. The number of nitrogens with zero attached hydrogens (tertiary/aromatic N) is 2. The lowest BCUT2D eigenvalue weighted by Gasteiger charge is -2.38. The average molecular weight is 296 g/mol. The first-order chi connectivity index (χ1) is 8.38. The highest BCUT2D eigenvalue weighted by molar-refractivity contribution is 5.85. The number of anilines is 1. The van der Waals surface area contributed by atoms with Crippen molar-refractivity contribution in [3.05, 3.63) is 23.9 Å². The maximum Gasteiger partial charge on any atom is 0.417 e. The second-order valence-corrected chi connectivity index (χ2v) is 4.71. The first kappa shape index (κ1) is 16.0. The van der Waals surface area contributed by atoms with Gasteiger partial charge in [-0.2, -0.15) is 13.2 Å². The molecule has 0 spiro atoms. The molecular formula is C12H17ClF3N3. The van der Waals surface area contributed by atoms with Crippen molar-refractivity contribution in [1.82, 2.24) is 10.3 Å². The molecule has 108 valence electrons. The molecule has 0 aromatic carbocycles. The molecule has 2 unspecified atom stereocenters. The van der Waals surface area contributed by atoms with Crippen molar-refractivity contribution in [2.45, 2.75) is 32.1 Å². The van der Waals surface area contributed by atoms with Gasteiger partial charge in [0.25, 0.3) is 0 Å². The quantitative estimate of drug-likeness (QED) is 0.863. The number of nitrogens with one attached hydrogen (secondary N) is 1. The zero-order chi connectivity index (χ0) is 13.3. The van der Waals surface area contributed by atoms with E-state index in [1.807, 2.05) is 18.7 Å². The molecule has 1 aromatic rings. The van der Waals surface area contributed by atoms with Gasteiger partial charge >= 0.3 is 6.18 Å². The topological polar surface area (TPSA) is 28.2 Å². The number of hydrogen-bond donors (Lipinski definition) is 1. The lowest BCUT2D eigenvalue weighted by molar-refractivity contribution is -0.137. The summed E-state index contributed by atoms with van der Waals surface area (Å²) in [5.74, 6) is 0.601. The molecule has 2 heterocycles. The van der Waals surface area contributed by atoms with Crippen LogP contribution < -0.4 is 10.2 Å². The Kier molecular flexibility index (Phi) is 5.04. The number of halogens is 4. The van der Waals surface area contributed by atoms with E-state index in [0.717, 1.165) is 25.4 Å². The molecule has 1 N–H and O–H groups in total. The van der Waals surface area contributed by atoms with Gasteiger partial charge in [0.15, 0.2) is 0 Å². The van der Waals surface area contributed by atoms with Crippen LogP contribution in [0.4, 0.5) is 19.0 Å². The maximum atomic E-state index is 12.4. The molecule has 0 bridgehead atoms. The predicted molar refractivity (Wildman–Crippen MR) is 70.8 cm³/mol. The predicted octanol–water partition coefficient (Wildman–Crippen LogP) is 2.71. The van der Waals surface area contributed by atoms with Crippen LogP contribution in [0.3, 0.4) is 0 Å². The Morgan fingerprint density at radius 3 is 2.53 bits per heavy atom. The highest BCUT2D eigenvalue weighted by atomic mass is 35.5. The van der Waals surface area contributed by atoms with Crippen molar-refractivity contribution in [2.24, 2.45) is 0 Å². The SMILES string of the molecule is CC1CN(c2ccc(C(F)(F)F)cn2)C(C)CN1.Cl. The van der Waals surface area contributed by atoms with Gasteiger partial charge in [0.1, 0.15) is 5.82 Å². The zero-order valence-electron chi connectivity index (χ0n) is 10.7. The molecule has 1 aliphatic heterocycles. The summed E-state index contributed by atoms with van der Waals surface area (Å²) in [7, 11) is 0. The third-order valence-electron chi connectivity index (χ3n) is 3.13. The molecule has 0 aliphatic carbocycles. The van der Waals surface area contributed by atoms with E-state index in [-0.39, 0.29) is 18.4 Å². The Hall–Kier alpha value is -1.01. The fraction of sp³-hybridized carbons (Fsp3) is 0.583. The van der Waals surface area contributed by atoms with Gasteiger partial charge in [-0.25, -0.2) is 4.98 Å². The Bertz CT molecular complexity index is 408. The Balaban J connectivity index is 0.00000180. The van der Waals surface area contributed by atoms with Crippen LogP contribution in [0.2, 0.25) is 0 Å². The van der Waals surface area contributed by atoms with Crippen molar-refractivity contribution >= 4 is 18.2 Å². The number of pyridine rings is 1. The Morgan fingerprint density at radius 1 is 1.32 bits per heavy atom. The van der Waals surface area contributed by atoms with Gasteiger partial charge in [0, 0.05) is 31.4 Å². The summed E-state index contributed by atoms with van der Waals surface area (Å²) in [6, 6.07) is 3.06. The minimum absolute atomic E-state index is 0. The number of aromatic nitrogens is 1. The maximum absolute atomic E-state index is 12.4. The van der Waals surface area contributed by atoms with Crippen molar-refractivity contribution in [3.63, 3.8) is 0 Å². The number of hydrogen-bond acceptors (Lipinski definition) is 3. The van der Waals surface area contributed by atoms with Gasteiger partial charge in [0.05, 0.1) is 5.56 Å². The smallest absolute Gasteiger partial charge is 0.351 e. The van der Waals surface area contributed by atoms with Gasteiger partial charge in [-0.3, -0.25) is 0 Å². The summed E-state index contributed by atoms with van der Waals surface area (Å²) in [6.07, 6.45) is -3.43. The van der Waals surface area contributed by atoms with Gasteiger partial charge in [0.2, 0.25) is 0 Å². The van der Waals surface area contributed by atoms with Crippen LogP contribution in [0, 0.1) is 0 Å². The second kappa shape index (κ2) is 5.96. The van der Waals surface area contributed by atoms with Gasteiger partial charge in [-0.05, 0) is 26.0 Å². The standard InChI is InChI=1S/C12H16F3N3.ClH/c1-8-7-18(9(2)5-16-8)11-4-3-10(6-17-11)12(13,14)15;/h3-4,6,8-9,16H,5,7H2,1-2H3;1H. The van der Waals surface area contributed by atoms with E-state index in [1.165, 1.54) is 6.07 Å². The van der Waals surface area contributed by atoms with Gasteiger partial charge in [-0.1, -0.05) is 0 Å². The fourth-order valence-electron chi connectivity index (χ4n) is 2.06. The van der Waals surface area contributed by atoms with Crippen LogP contribution in [0.1, 0.15) is 19.4 Å². The molecule has 2 atom stereocenters. The lowest BCUT2D eigenvalue weighted by Crippen LogP contribution is -2.54. The van der Waals surface area contributed by atoms with Crippen LogP contribution in [0.25, 0.3) is 0 Å². The van der Waals surface area contributed by atoms with Crippen LogP contribution in [0.5, 0.6) is 0 Å². The van der Waals surface area contributed by atoms with E-state index >= 15 is 0 Å². The molecule has 1 fully saturated rings. The fourth-order valence-corrected chi connectivity index (χ4v) is 2.06. The Morgan fingerprint density at radius 2 is 2.00 bits per heavy atom. The number of rotatable bonds is 1. The summed E-state index contributed by atoms with van der Waals surface area (Å²) < 4.78 is 37.3. The minimum Gasteiger partial charge on any atom is -0.351 e. The molecule has 19 heavy (non-hydrogen) atoms. The van der Waals surface area contributed by atoms with Crippen LogP contribution in [-0.2, 0) is 6.18 Å². The van der Waals surface area contributed by atoms with E-state index in [1.54, 1.807) is 0 Å². The number of piperazine rings is 1. The van der Waals surface area contributed by atoms with Crippen molar-refractivity contribution < 1.29 is 13.2 Å². The third-order valence-corrected chi connectivity index (χ3v) is 3.13. The summed E-state index contributed by atoms with van der Waals surface area (Å²) in [5, 5.41) is 3.32. The summed E-state index contributed by atoms with van der Waals surface area (Å²) in [6.45, 7) is 5.63. The molecule has 0 amide bonds. The van der Waals surface area contributed by atoms with E-state index in [2.05, 4.69) is 10.3 Å². The molecule has 1 aliphatic rings. The molecule has 3 nitrogen and oxygen atoms in total. The highest BCUT2D eigenvalue weighted by Crippen LogP contribution is 2.29. The van der Waals surface area contributed by atoms with Crippen LogP contribution >= 0.6 is 12.4 Å². The monoisotopic (exact) mass is 295 g/mol. The zero-order valence-corrected chi connectivity index (χ0v) is 11.6. The van der Waals surface area contributed by atoms with Gasteiger partial charge < -0.3 is 10.2 Å². The average Bonchev–Trinajstić information content (AvgIpc) is 2.31. The molecular weight excluding hydrogens is 279 g/mol. The minimum atomic E-state index is -4.33. The van der Waals surface area contributed by atoms with E-state index in [9.17, 15) is 13.2 Å². The van der Waals surface area contributed by atoms with Crippen LogP contribution in [-0.4, -0.2) is 30.2 Å². The van der Waals surface area contributed by atoms with Crippen molar-refractivity contribution in [3.8, 4) is 0 Å². The van der Waals surface area contributed by atoms with E-state index < -0.39 is 11.7 Å². The first-order valence-electron chi connectivity index (χ1n) is 5.91. The molecule has 0 radical (unpaired) electrons. The molecule has 2 rings (SSSR count). The van der Waals surface area contributed by atoms with E-state index in [4.69, 9.17) is 0 Å². The summed E-state index contributed by atoms with van der Waals surface area (Å²) >= 11 is 0. The molecule has 7 heteroatoms. The third kappa shape index (κ3) is 3.73. The summed E-state index contributed by atoms with van der Waals surface area (Å²) in [4.78, 5) is 5.96. The first-order valence-corrected chi connectivity index (χ1v) is 5.91. The van der Waals surface area contributed by atoms with Crippen molar-refractivity contribution in [2.75, 3.05) is 18.0 Å².